The largest absolute Gasteiger partial charge is 0.476 e. The fourth-order valence-electron chi connectivity index (χ4n) is 3.95. The van der Waals surface area contributed by atoms with E-state index in [1.54, 1.807) is 18.2 Å². The predicted octanol–water partition coefficient (Wildman–Crippen LogP) is 5.52. The van der Waals surface area contributed by atoms with E-state index in [9.17, 15) is 18.1 Å². The van der Waals surface area contributed by atoms with Crippen molar-refractivity contribution in [3.8, 4) is 23.2 Å². The van der Waals surface area contributed by atoms with Gasteiger partial charge >= 0.3 is 0 Å². The lowest BCUT2D eigenvalue weighted by Gasteiger charge is -2.22. The molecule has 170 valence electrons. The van der Waals surface area contributed by atoms with Crippen LogP contribution in [0, 0.1) is 23.1 Å². The Kier molecular flexibility index (Phi) is 6.90. The Balaban J connectivity index is 1.73. The molecule has 8 heteroatoms. The van der Waals surface area contributed by atoms with Gasteiger partial charge in [-0.05, 0) is 61.2 Å². The van der Waals surface area contributed by atoms with Gasteiger partial charge in [0.25, 0.3) is 10.0 Å². The maximum Gasteiger partial charge on any atom is 0.261 e. The van der Waals surface area contributed by atoms with E-state index in [-0.39, 0.29) is 27.7 Å². The molecule has 1 aliphatic carbocycles. The normalized spacial score (nSPS) is 14.4. The number of sulfonamides is 1. The Morgan fingerprint density at radius 3 is 2.42 bits per heavy atom. The first-order chi connectivity index (χ1) is 16.0. The van der Waals surface area contributed by atoms with E-state index in [0.29, 0.717) is 18.1 Å². The summed E-state index contributed by atoms with van der Waals surface area (Å²) in [6.45, 7) is 0.444. The van der Waals surface area contributed by atoms with Crippen molar-refractivity contribution >= 4 is 15.7 Å². The van der Waals surface area contributed by atoms with Crippen LogP contribution in [-0.2, 0) is 10.0 Å². The lowest BCUT2D eigenvalue weighted by molar-refractivity contribution is 0.202. The highest BCUT2D eigenvalue weighted by Gasteiger charge is 2.22. The molecule has 0 unspecified atom stereocenters. The molecule has 0 amide bonds. The highest BCUT2D eigenvalue weighted by atomic mass is 32.2. The number of ether oxygens (including phenoxy) is 1. The van der Waals surface area contributed by atoms with Gasteiger partial charge in [0.15, 0.2) is 0 Å². The molecule has 0 saturated heterocycles. The lowest BCUT2D eigenvalue weighted by atomic mass is 9.90. The molecule has 2 aromatic carbocycles. The smallest absolute Gasteiger partial charge is 0.261 e. The second-order valence-corrected chi connectivity index (χ2v) is 9.77. The third-order valence-corrected chi connectivity index (χ3v) is 7.09. The quantitative estimate of drug-likeness (QED) is 0.496. The minimum atomic E-state index is -3.93. The molecule has 6 nitrogen and oxygen atoms in total. The summed E-state index contributed by atoms with van der Waals surface area (Å²) in [4.78, 5) is 4.59. The first-order valence-electron chi connectivity index (χ1n) is 10.9. The molecule has 1 heterocycles. The van der Waals surface area contributed by atoms with Gasteiger partial charge in [0.05, 0.1) is 22.9 Å². The Morgan fingerprint density at radius 1 is 1.06 bits per heavy atom. The van der Waals surface area contributed by atoms with E-state index in [1.807, 2.05) is 0 Å². The molecule has 1 aromatic heterocycles. The SMILES string of the molecule is N#Cc1cc(NS(=O)(=O)c2ccccc2)c(-c2ccc(F)cc2)nc1OCC1CCCCC1. The summed E-state index contributed by atoms with van der Waals surface area (Å²) >= 11 is 0. The average molecular weight is 466 g/mol. The number of aromatic nitrogens is 1. The molecule has 1 aliphatic rings. The molecule has 1 fully saturated rings. The monoisotopic (exact) mass is 465 g/mol. The van der Waals surface area contributed by atoms with Crippen molar-refractivity contribution in [3.63, 3.8) is 0 Å². The number of benzene rings is 2. The first-order valence-corrected chi connectivity index (χ1v) is 12.4. The van der Waals surface area contributed by atoms with Gasteiger partial charge < -0.3 is 4.74 Å². The van der Waals surface area contributed by atoms with E-state index >= 15 is 0 Å². The van der Waals surface area contributed by atoms with Crippen LogP contribution in [-0.4, -0.2) is 20.0 Å². The summed E-state index contributed by atoms with van der Waals surface area (Å²) in [7, 11) is -3.93. The van der Waals surface area contributed by atoms with E-state index in [1.165, 1.54) is 48.9 Å². The summed E-state index contributed by atoms with van der Waals surface area (Å²) in [5, 5.41) is 9.70. The van der Waals surface area contributed by atoms with E-state index in [4.69, 9.17) is 4.74 Å². The maximum atomic E-state index is 13.5. The summed E-state index contributed by atoms with van der Waals surface area (Å²) < 4.78 is 47.9. The van der Waals surface area contributed by atoms with Gasteiger partial charge in [0.1, 0.15) is 17.4 Å². The van der Waals surface area contributed by atoms with Gasteiger partial charge in [0.2, 0.25) is 5.88 Å². The van der Waals surface area contributed by atoms with Crippen LogP contribution < -0.4 is 9.46 Å². The zero-order chi connectivity index (χ0) is 23.3. The summed E-state index contributed by atoms with van der Waals surface area (Å²) in [5.41, 5.74) is 0.996. The van der Waals surface area contributed by atoms with Gasteiger partial charge in [-0.15, -0.1) is 0 Å². The van der Waals surface area contributed by atoms with Gasteiger partial charge in [-0.2, -0.15) is 5.26 Å². The second-order valence-electron chi connectivity index (χ2n) is 8.09. The number of nitrogens with zero attached hydrogens (tertiary/aromatic N) is 2. The summed E-state index contributed by atoms with van der Waals surface area (Å²) in [6.07, 6.45) is 5.69. The third kappa shape index (κ3) is 5.49. The fourth-order valence-corrected chi connectivity index (χ4v) is 5.02. The van der Waals surface area contributed by atoms with Crippen molar-refractivity contribution in [1.29, 1.82) is 5.26 Å². The zero-order valence-corrected chi connectivity index (χ0v) is 18.8. The first kappa shape index (κ1) is 22.7. The molecular weight excluding hydrogens is 441 g/mol. The number of halogens is 1. The van der Waals surface area contributed by atoms with Crippen LogP contribution >= 0.6 is 0 Å². The number of nitrogens with one attached hydrogen (secondary N) is 1. The van der Waals surface area contributed by atoms with Gasteiger partial charge in [-0.25, -0.2) is 17.8 Å². The van der Waals surface area contributed by atoms with Crippen molar-refractivity contribution in [1.82, 2.24) is 4.98 Å². The Hall–Kier alpha value is -3.44. The Morgan fingerprint density at radius 2 is 1.76 bits per heavy atom. The number of hydrogen-bond acceptors (Lipinski definition) is 5. The molecule has 1 saturated carbocycles. The van der Waals surface area contributed by atoms with Gasteiger partial charge in [-0.1, -0.05) is 37.5 Å². The summed E-state index contributed by atoms with van der Waals surface area (Å²) in [5.74, 6) is 0.121. The van der Waals surface area contributed by atoms with E-state index in [0.717, 1.165) is 25.7 Å². The molecule has 1 N–H and O–H groups in total. The Labute approximate surface area is 193 Å². The number of hydrogen-bond donors (Lipinski definition) is 1. The van der Waals surface area contributed by atoms with Crippen LogP contribution in [0.25, 0.3) is 11.3 Å². The molecule has 0 aliphatic heterocycles. The zero-order valence-electron chi connectivity index (χ0n) is 18.0. The van der Waals surface area contributed by atoms with Gasteiger partial charge in [0, 0.05) is 5.56 Å². The van der Waals surface area contributed by atoms with Crippen molar-refractivity contribution in [2.24, 2.45) is 5.92 Å². The number of pyridine rings is 1. The van der Waals surface area contributed by atoms with E-state index < -0.39 is 15.8 Å². The van der Waals surface area contributed by atoms with Crippen LogP contribution in [0.2, 0.25) is 0 Å². The van der Waals surface area contributed by atoms with E-state index in [2.05, 4.69) is 15.8 Å². The van der Waals surface area contributed by atoms with Crippen LogP contribution in [0.15, 0.2) is 65.6 Å². The van der Waals surface area contributed by atoms with Gasteiger partial charge in [-0.3, -0.25) is 4.72 Å². The second kappa shape index (κ2) is 10.0. The molecule has 4 rings (SSSR count). The number of anilines is 1. The van der Waals surface area contributed by atoms with Crippen LogP contribution in [0.1, 0.15) is 37.7 Å². The van der Waals surface area contributed by atoms with Crippen LogP contribution in [0.3, 0.4) is 0 Å². The molecule has 0 radical (unpaired) electrons. The Bertz CT molecular complexity index is 1250. The average Bonchev–Trinajstić information content (AvgIpc) is 2.84. The van der Waals surface area contributed by atoms with Crippen molar-refractivity contribution in [3.05, 3.63) is 72.0 Å². The molecule has 0 bridgehead atoms. The van der Waals surface area contributed by atoms with Crippen molar-refractivity contribution < 1.29 is 17.5 Å². The minimum absolute atomic E-state index is 0.0752. The minimum Gasteiger partial charge on any atom is -0.476 e. The summed E-state index contributed by atoms with van der Waals surface area (Å²) in [6, 6.07) is 16.9. The molecule has 33 heavy (non-hydrogen) atoms. The van der Waals surface area contributed by atoms with Crippen molar-refractivity contribution in [2.45, 2.75) is 37.0 Å². The fraction of sp³-hybridized carbons (Fsp3) is 0.280. The van der Waals surface area contributed by atoms with Crippen LogP contribution in [0.4, 0.5) is 10.1 Å². The highest BCUT2D eigenvalue weighted by molar-refractivity contribution is 7.92. The number of rotatable bonds is 7. The molecule has 0 spiro atoms. The predicted molar refractivity (Wildman–Crippen MR) is 124 cm³/mol. The molecular formula is C25H24FN3O3S. The molecule has 0 atom stereocenters. The maximum absolute atomic E-state index is 13.5. The third-order valence-electron chi connectivity index (χ3n) is 5.70. The molecule has 3 aromatic rings. The lowest BCUT2D eigenvalue weighted by Crippen LogP contribution is -2.17. The number of nitriles is 1. The standard InChI is InChI=1S/C25H24FN3O3S/c26-21-13-11-19(12-14-21)24-23(29-33(30,31)22-9-5-2-6-10-22)15-20(16-27)25(28-24)32-17-18-7-3-1-4-8-18/h2,5-6,9-15,18,29H,1,3-4,7-8,17H2. The topological polar surface area (TPSA) is 92.1 Å². The highest BCUT2D eigenvalue weighted by Crippen LogP contribution is 2.33. The van der Waals surface area contributed by atoms with Crippen molar-refractivity contribution in [2.75, 3.05) is 11.3 Å². The van der Waals surface area contributed by atoms with Crippen LogP contribution in [0.5, 0.6) is 5.88 Å².